The second-order valence-corrected chi connectivity index (χ2v) is 6.52. The Balaban J connectivity index is 1.87. The number of hydrogen-bond acceptors (Lipinski definition) is 4. The van der Waals surface area contributed by atoms with Crippen LogP contribution in [0, 0.1) is 12.7 Å². The number of hydrogen-bond donors (Lipinski definition) is 0. The Morgan fingerprint density at radius 3 is 2.67 bits per heavy atom. The van der Waals surface area contributed by atoms with Crippen molar-refractivity contribution < 1.29 is 8.91 Å². The summed E-state index contributed by atoms with van der Waals surface area (Å²) >= 11 is 0. The lowest BCUT2D eigenvalue weighted by molar-refractivity contribution is 0.431. The van der Waals surface area contributed by atoms with E-state index >= 15 is 0 Å². The van der Waals surface area contributed by atoms with Crippen LogP contribution in [0.5, 0.6) is 0 Å². The highest BCUT2D eigenvalue weighted by Crippen LogP contribution is 2.23. The molecule has 27 heavy (non-hydrogen) atoms. The van der Waals surface area contributed by atoms with E-state index in [1.807, 2.05) is 42.7 Å². The molecule has 2 aromatic heterocycles. The van der Waals surface area contributed by atoms with Crippen molar-refractivity contribution in [2.45, 2.75) is 26.8 Å². The van der Waals surface area contributed by atoms with Crippen LogP contribution in [0.2, 0.25) is 0 Å². The van der Waals surface area contributed by atoms with E-state index in [1.165, 1.54) is 12.1 Å². The Morgan fingerprint density at radius 1 is 1.15 bits per heavy atom. The van der Waals surface area contributed by atoms with Gasteiger partial charge in [0.25, 0.3) is 5.89 Å². The van der Waals surface area contributed by atoms with Crippen molar-refractivity contribution in [3.63, 3.8) is 0 Å². The lowest BCUT2D eigenvalue weighted by Crippen LogP contribution is -2.12. The highest BCUT2D eigenvalue weighted by molar-refractivity contribution is 5.83. The lowest BCUT2D eigenvalue weighted by Gasteiger charge is -2.11. The maximum atomic E-state index is 13.7. The van der Waals surface area contributed by atoms with E-state index in [-0.39, 0.29) is 16.9 Å². The Kier molecular flexibility index (Phi) is 4.32. The van der Waals surface area contributed by atoms with Gasteiger partial charge < -0.3 is 9.09 Å². The number of aryl methyl sites for hydroxylation is 2. The van der Waals surface area contributed by atoms with Crippen molar-refractivity contribution in [1.82, 2.24) is 14.7 Å². The van der Waals surface area contributed by atoms with Gasteiger partial charge in [0.05, 0.1) is 5.52 Å². The Morgan fingerprint density at radius 2 is 1.93 bits per heavy atom. The van der Waals surface area contributed by atoms with Gasteiger partial charge in [0, 0.05) is 23.7 Å². The standard InChI is InChI=1S/C21H18FN3O2/c1-3-10-25-12-17(19(26)16-11-15(22)8-9-18(16)25)21-23-20(24-27-21)14-6-4-13(2)5-7-14/h4-9,11-12H,3,10H2,1-2H3. The lowest BCUT2D eigenvalue weighted by atomic mass is 10.1. The molecule has 0 fully saturated rings. The first kappa shape index (κ1) is 17.1. The van der Waals surface area contributed by atoms with Crippen LogP contribution in [0.4, 0.5) is 4.39 Å². The molecule has 0 atom stereocenters. The smallest absolute Gasteiger partial charge is 0.263 e. The summed E-state index contributed by atoms with van der Waals surface area (Å²) in [5.74, 6) is 0.0861. The van der Waals surface area contributed by atoms with Crippen molar-refractivity contribution in [2.75, 3.05) is 0 Å². The molecule has 0 aliphatic carbocycles. The van der Waals surface area contributed by atoms with Crippen molar-refractivity contribution >= 4 is 10.9 Å². The zero-order valence-electron chi connectivity index (χ0n) is 15.1. The van der Waals surface area contributed by atoms with E-state index < -0.39 is 5.82 Å². The van der Waals surface area contributed by atoms with Gasteiger partial charge in [-0.25, -0.2) is 4.39 Å². The van der Waals surface area contributed by atoms with Crippen LogP contribution < -0.4 is 5.43 Å². The number of rotatable bonds is 4. The molecular formula is C21H18FN3O2. The number of nitrogens with zero attached hydrogens (tertiary/aromatic N) is 3. The number of pyridine rings is 1. The predicted molar refractivity (Wildman–Crippen MR) is 102 cm³/mol. The maximum absolute atomic E-state index is 13.7. The Labute approximate surface area is 155 Å². The fourth-order valence-corrected chi connectivity index (χ4v) is 3.10. The van der Waals surface area contributed by atoms with Crippen LogP contribution >= 0.6 is 0 Å². The maximum Gasteiger partial charge on any atom is 0.263 e. The zero-order chi connectivity index (χ0) is 19.0. The fraction of sp³-hybridized carbons (Fsp3) is 0.190. The van der Waals surface area contributed by atoms with E-state index in [4.69, 9.17) is 4.52 Å². The largest absolute Gasteiger partial charge is 0.346 e. The minimum Gasteiger partial charge on any atom is -0.346 e. The van der Waals surface area contributed by atoms with E-state index in [0.717, 1.165) is 17.5 Å². The van der Waals surface area contributed by atoms with E-state index in [1.54, 1.807) is 12.3 Å². The molecule has 0 saturated carbocycles. The van der Waals surface area contributed by atoms with Crippen LogP contribution in [0.3, 0.4) is 0 Å². The molecule has 0 aliphatic rings. The molecule has 6 heteroatoms. The normalized spacial score (nSPS) is 11.2. The molecule has 0 amide bonds. The van der Waals surface area contributed by atoms with Crippen LogP contribution in [-0.2, 0) is 6.54 Å². The van der Waals surface area contributed by atoms with Gasteiger partial charge >= 0.3 is 0 Å². The Hall–Kier alpha value is -3.28. The van der Waals surface area contributed by atoms with Crippen LogP contribution in [0.1, 0.15) is 18.9 Å². The molecule has 0 spiro atoms. The molecule has 5 nitrogen and oxygen atoms in total. The summed E-state index contributed by atoms with van der Waals surface area (Å²) in [6.07, 6.45) is 2.58. The minimum atomic E-state index is -0.453. The van der Waals surface area contributed by atoms with Gasteiger partial charge in [-0.15, -0.1) is 0 Å². The van der Waals surface area contributed by atoms with Gasteiger partial charge in [0.2, 0.25) is 11.3 Å². The molecule has 136 valence electrons. The van der Waals surface area contributed by atoms with Crippen molar-refractivity contribution in [3.05, 3.63) is 70.3 Å². The average Bonchev–Trinajstić information content (AvgIpc) is 3.14. The summed E-state index contributed by atoms with van der Waals surface area (Å²) in [6, 6.07) is 11.9. The summed E-state index contributed by atoms with van der Waals surface area (Å²) in [7, 11) is 0. The molecule has 4 aromatic rings. The molecule has 0 saturated heterocycles. The topological polar surface area (TPSA) is 60.9 Å². The summed E-state index contributed by atoms with van der Waals surface area (Å²) < 4.78 is 21.0. The van der Waals surface area contributed by atoms with Gasteiger partial charge in [-0.3, -0.25) is 4.79 Å². The van der Waals surface area contributed by atoms with Crippen molar-refractivity contribution in [2.24, 2.45) is 0 Å². The summed E-state index contributed by atoms with van der Waals surface area (Å²) in [5.41, 5.74) is 2.56. The minimum absolute atomic E-state index is 0.131. The van der Waals surface area contributed by atoms with Crippen molar-refractivity contribution in [1.29, 1.82) is 0 Å². The summed E-state index contributed by atoms with van der Waals surface area (Å²) in [4.78, 5) is 17.3. The second kappa shape index (κ2) is 6.79. The van der Waals surface area contributed by atoms with E-state index in [0.29, 0.717) is 23.3 Å². The van der Waals surface area contributed by atoms with Crippen LogP contribution in [0.15, 0.2) is 58.0 Å². The third-order valence-electron chi connectivity index (χ3n) is 4.47. The zero-order valence-corrected chi connectivity index (χ0v) is 15.1. The molecule has 2 aromatic carbocycles. The number of aromatic nitrogens is 3. The first-order chi connectivity index (χ1) is 13.1. The molecular weight excluding hydrogens is 345 g/mol. The highest BCUT2D eigenvalue weighted by atomic mass is 19.1. The number of benzene rings is 2. The van der Waals surface area contributed by atoms with E-state index in [9.17, 15) is 9.18 Å². The second-order valence-electron chi connectivity index (χ2n) is 6.52. The molecule has 4 rings (SSSR count). The SMILES string of the molecule is CCCn1cc(-c2nc(-c3ccc(C)cc3)no2)c(=O)c2cc(F)ccc21. The van der Waals surface area contributed by atoms with Gasteiger partial charge in [-0.1, -0.05) is 41.9 Å². The molecule has 0 radical (unpaired) electrons. The third-order valence-corrected chi connectivity index (χ3v) is 4.47. The highest BCUT2D eigenvalue weighted by Gasteiger charge is 2.17. The molecule has 0 aliphatic heterocycles. The predicted octanol–water partition coefficient (Wildman–Crippen LogP) is 4.58. The van der Waals surface area contributed by atoms with Gasteiger partial charge in [0.1, 0.15) is 11.4 Å². The number of halogens is 1. The fourth-order valence-electron chi connectivity index (χ4n) is 3.10. The molecule has 0 bridgehead atoms. The van der Waals surface area contributed by atoms with Crippen LogP contribution in [-0.4, -0.2) is 14.7 Å². The van der Waals surface area contributed by atoms with Gasteiger partial charge in [-0.2, -0.15) is 4.98 Å². The van der Waals surface area contributed by atoms with E-state index in [2.05, 4.69) is 10.1 Å². The summed E-state index contributed by atoms with van der Waals surface area (Å²) in [5, 5.41) is 4.30. The molecule has 2 heterocycles. The van der Waals surface area contributed by atoms with Gasteiger partial charge in [-0.05, 0) is 31.5 Å². The first-order valence-corrected chi connectivity index (χ1v) is 8.80. The Bertz CT molecular complexity index is 1180. The average molecular weight is 363 g/mol. The van der Waals surface area contributed by atoms with Gasteiger partial charge in [0.15, 0.2) is 0 Å². The quantitative estimate of drug-likeness (QED) is 0.533. The summed E-state index contributed by atoms with van der Waals surface area (Å²) in [6.45, 7) is 4.72. The first-order valence-electron chi connectivity index (χ1n) is 8.80. The molecule has 0 N–H and O–H groups in total. The van der Waals surface area contributed by atoms with Crippen LogP contribution in [0.25, 0.3) is 33.7 Å². The van der Waals surface area contributed by atoms with Crippen molar-refractivity contribution in [3.8, 4) is 22.8 Å². The monoisotopic (exact) mass is 363 g/mol. The third kappa shape index (κ3) is 3.14. The number of fused-ring (bicyclic) bond motifs is 1. The molecule has 0 unspecified atom stereocenters.